The summed E-state index contributed by atoms with van der Waals surface area (Å²) < 4.78 is 5.18. The Kier molecular flexibility index (Phi) is 3.97. The molecule has 2 unspecified atom stereocenters. The van der Waals surface area contributed by atoms with Crippen molar-refractivity contribution >= 4 is 40.2 Å². The lowest BCUT2D eigenvalue weighted by Gasteiger charge is -2.22. The van der Waals surface area contributed by atoms with Crippen LogP contribution in [0.4, 0.5) is 11.4 Å². The summed E-state index contributed by atoms with van der Waals surface area (Å²) in [4.78, 5) is 30.6. The molecule has 2 aromatic rings. The fourth-order valence-electron chi connectivity index (χ4n) is 3.13. The van der Waals surface area contributed by atoms with Gasteiger partial charge in [-0.05, 0) is 30.5 Å². The van der Waals surface area contributed by atoms with Crippen LogP contribution in [0.5, 0.6) is 0 Å². The lowest BCUT2D eigenvalue weighted by Crippen LogP contribution is -2.36. The summed E-state index contributed by atoms with van der Waals surface area (Å²) in [5.74, 6) is -1.46. The highest BCUT2D eigenvalue weighted by atomic mass is 32.1. The van der Waals surface area contributed by atoms with Crippen LogP contribution in [-0.2, 0) is 14.3 Å². The monoisotopic (exact) mass is 352 g/mol. The molecule has 25 heavy (non-hydrogen) atoms. The Balaban J connectivity index is 1.79. The number of nitrogens with zero attached hydrogens (tertiary/aromatic N) is 1. The smallest absolute Gasteiger partial charge is 0.327 e. The van der Waals surface area contributed by atoms with E-state index in [1.54, 1.807) is 18.3 Å². The van der Waals surface area contributed by atoms with Gasteiger partial charge in [0.15, 0.2) is 11.7 Å². The summed E-state index contributed by atoms with van der Waals surface area (Å²) in [5, 5.41) is 5.50. The zero-order valence-corrected chi connectivity index (χ0v) is 14.4. The van der Waals surface area contributed by atoms with Gasteiger partial charge in [0.1, 0.15) is 5.76 Å². The molecule has 6 heteroatoms. The molecular formula is C19H16N2O3S. The SMILES string of the molecule is CC1=CC(=O)C(C2=Nc3ccccc3NC(c3cccs3)C2)C(=O)O1. The van der Waals surface area contributed by atoms with Crippen molar-refractivity contribution in [2.24, 2.45) is 10.9 Å². The van der Waals surface area contributed by atoms with E-state index >= 15 is 0 Å². The lowest BCUT2D eigenvalue weighted by atomic mass is 9.91. The molecule has 0 bridgehead atoms. The van der Waals surface area contributed by atoms with Crippen molar-refractivity contribution in [1.82, 2.24) is 0 Å². The topological polar surface area (TPSA) is 67.8 Å². The maximum Gasteiger partial charge on any atom is 0.327 e. The van der Waals surface area contributed by atoms with Gasteiger partial charge in [0.2, 0.25) is 0 Å². The minimum absolute atomic E-state index is 0.0463. The number of ether oxygens (including phenoxy) is 1. The van der Waals surface area contributed by atoms with Crippen LogP contribution in [0, 0.1) is 5.92 Å². The second-order valence-corrected chi connectivity index (χ2v) is 7.03. The van der Waals surface area contributed by atoms with Crippen molar-refractivity contribution in [3.8, 4) is 0 Å². The molecule has 1 aromatic heterocycles. The van der Waals surface area contributed by atoms with E-state index in [2.05, 4.69) is 10.3 Å². The van der Waals surface area contributed by atoms with Gasteiger partial charge in [0, 0.05) is 23.1 Å². The Morgan fingerprint density at radius 2 is 2.04 bits per heavy atom. The molecule has 0 fully saturated rings. The average Bonchev–Trinajstić information content (AvgIpc) is 3.02. The van der Waals surface area contributed by atoms with E-state index in [0.29, 0.717) is 17.9 Å². The number of cyclic esters (lactones) is 1. The van der Waals surface area contributed by atoms with Crippen LogP contribution in [-0.4, -0.2) is 17.5 Å². The Morgan fingerprint density at radius 3 is 2.80 bits per heavy atom. The van der Waals surface area contributed by atoms with Gasteiger partial charge in [-0.15, -0.1) is 11.3 Å². The lowest BCUT2D eigenvalue weighted by molar-refractivity contribution is -0.146. The molecule has 0 amide bonds. The molecule has 2 aliphatic heterocycles. The first-order valence-corrected chi connectivity index (χ1v) is 8.90. The number of anilines is 1. The molecule has 4 rings (SSSR count). The molecule has 3 heterocycles. The summed E-state index contributed by atoms with van der Waals surface area (Å²) in [5.41, 5.74) is 2.15. The van der Waals surface area contributed by atoms with Gasteiger partial charge in [-0.25, -0.2) is 0 Å². The minimum atomic E-state index is -0.973. The van der Waals surface area contributed by atoms with Gasteiger partial charge in [0.25, 0.3) is 0 Å². The molecule has 0 saturated carbocycles. The Labute approximate surface area is 149 Å². The van der Waals surface area contributed by atoms with Crippen LogP contribution in [0.25, 0.3) is 0 Å². The number of aliphatic imine (C=N–C) groups is 1. The molecule has 2 atom stereocenters. The van der Waals surface area contributed by atoms with E-state index in [9.17, 15) is 9.59 Å². The maximum atomic E-state index is 12.5. The van der Waals surface area contributed by atoms with Gasteiger partial charge >= 0.3 is 5.97 Å². The number of nitrogens with one attached hydrogen (secondary N) is 1. The van der Waals surface area contributed by atoms with E-state index in [1.165, 1.54) is 6.08 Å². The number of benzene rings is 1. The summed E-state index contributed by atoms with van der Waals surface area (Å²) >= 11 is 1.63. The van der Waals surface area contributed by atoms with Crippen molar-refractivity contribution < 1.29 is 14.3 Å². The summed E-state index contributed by atoms with van der Waals surface area (Å²) in [6.07, 6.45) is 1.84. The number of fused-ring (bicyclic) bond motifs is 1. The second-order valence-electron chi connectivity index (χ2n) is 6.05. The number of hydrogen-bond acceptors (Lipinski definition) is 6. The van der Waals surface area contributed by atoms with Crippen LogP contribution in [0.2, 0.25) is 0 Å². The summed E-state index contributed by atoms with van der Waals surface area (Å²) in [7, 11) is 0. The van der Waals surface area contributed by atoms with Gasteiger partial charge in [-0.2, -0.15) is 0 Å². The predicted molar refractivity (Wildman–Crippen MR) is 97.2 cm³/mol. The minimum Gasteiger partial charge on any atom is -0.430 e. The molecule has 126 valence electrons. The summed E-state index contributed by atoms with van der Waals surface area (Å²) in [6.45, 7) is 1.60. The highest BCUT2D eigenvalue weighted by Gasteiger charge is 2.38. The molecule has 0 aliphatic carbocycles. The average molecular weight is 352 g/mol. The van der Waals surface area contributed by atoms with Crippen molar-refractivity contribution in [2.75, 3.05) is 5.32 Å². The maximum absolute atomic E-state index is 12.5. The van der Waals surface area contributed by atoms with Crippen molar-refractivity contribution in [1.29, 1.82) is 0 Å². The van der Waals surface area contributed by atoms with Gasteiger partial charge in [-0.3, -0.25) is 14.6 Å². The fraction of sp³-hybridized carbons (Fsp3) is 0.211. The number of esters is 1. The quantitative estimate of drug-likeness (QED) is 0.655. The van der Waals surface area contributed by atoms with Gasteiger partial charge in [0.05, 0.1) is 17.4 Å². The molecule has 5 nitrogen and oxygen atoms in total. The van der Waals surface area contributed by atoms with E-state index in [4.69, 9.17) is 4.74 Å². The first-order valence-electron chi connectivity index (χ1n) is 8.02. The molecular weight excluding hydrogens is 336 g/mol. The third kappa shape index (κ3) is 3.00. The number of ketones is 1. The molecule has 0 spiro atoms. The van der Waals surface area contributed by atoms with Crippen molar-refractivity contribution in [2.45, 2.75) is 19.4 Å². The van der Waals surface area contributed by atoms with E-state index in [-0.39, 0.29) is 11.8 Å². The zero-order chi connectivity index (χ0) is 17.4. The Bertz CT molecular complexity index is 899. The Hall–Kier alpha value is -2.73. The van der Waals surface area contributed by atoms with E-state index < -0.39 is 11.9 Å². The molecule has 0 saturated heterocycles. The molecule has 1 N–H and O–H groups in total. The van der Waals surface area contributed by atoms with Gasteiger partial charge < -0.3 is 10.1 Å². The standard InChI is InChI=1S/C19H16N2O3S/c1-11-9-16(22)18(19(23)24-11)15-10-14(17-7-4-8-25-17)20-12-5-2-3-6-13(12)21-15/h2-9,14,18,20H,10H2,1H3. The Morgan fingerprint density at radius 1 is 1.20 bits per heavy atom. The predicted octanol–water partition coefficient (Wildman–Crippen LogP) is 4.02. The third-order valence-corrected chi connectivity index (χ3v) is 5.24. The van der Waals surface area contributed by atoms with Crippen molar-refractivity contribution in [3.05, 3.63) is 58.5 Å². The zero-order valence-electron chi connectivity index (χ0n) is 13.6. The largest absolute Gasteiger partial charge is 0.430 e. The molecule has 1 aromatic carbocycles. The van der Waals surface area contributed by atoms with Crippen LogP contribution in [0.3, 0.4) is 0 Å². The molecule has 0 radical (unpaired) electrons. The van der Waals surface area contributed by atoms with Crippen LogP contribution >= 0.6 is 11.3 Å². The highest BCUT2D eigenvalue weighted by molar-refractivity contribution is 7.10. The number of allylic oxidation sites excluding steroid dienone is 2. The number of para-hydroxylation sites is 2. The van der Waals surface area contributed by atoms with Gasteiger partial charge in [-0.1, -0.05) is 18.2 Å². The summed E-state index contributed by atoms with van der Waals surface area (Å²) in [6, 6.07) is 11.6. The number of carbonyl (C=O) groups is 2. The van der Waals surface area contributed by atoms with Crippen LogP contribution in [0.1, 0.15) is 24.3 Å². The number of carbonyl (C=O) groups excluding carboxylic acids is 2. The second kappa shape index (κ2) is 6.29. The van der Waals surface area contributed by atoms with E-state index in [0.717, 1.165) is 16.3 Å². The van der Waals surface area contributed by atoms with Crippen LogP contribution in [0.15, 0.2) is 58.6 Å². The highest BCUT2D eigenvalue weighted by Crippen LogP contribution is 2.37. The normalized spacial score (nSPS) is 22.9. The first kappa shape index (κ1) is 15.8. The first-order chi connectivity index (χ1) is 12.1. The van der Waals surface area contributed by atoms with Crippen LogP contribution < -0.4 is 5.32 Å². The fourth-order valence-corrected chi connectivity index (χ4v) is 3.91. The number of rotatable bonds is 2. The number of hydrogen-bond donors (Lipinski definition) is 1. The number of thiophene rings is 1. The van der Waals surface area contributed by atoms with Crippen molar-refractivity contribution in [3.63, 3.8) is 0 Å². The molecule has 2 aliphatic rings. The van der Waals surface area contributed by atoms with E-state index in [1.807, 2.05) is 41.8 Å². The third-order valence-electron chi connectivity index (χ3n) is 4.26.